The highest BCUT2D eigenvalue weighted by Crippen LogP contribution is 2.60. The lowest BCUT2D eigenvalue weighted by molar-refractivity contribution is 0.0650. The van der Waals surface area contributed by atoms with Crippen LogP contribution in [-0.4, -0.2) is 21.0 Å². The molecule has 7 rings (SSSR count). The van der Waals surface area contributed by atoms with Crippen molar-refractivity contribution < 1.29 is 0 Å². The van der Waals surface area contributed by atoms with E-state index in [1.165, 1.54) is 12.8 Å². The van der Waals surface area contributed by atoms with E-state index in [2.05, 4.69) is 23.5 Å². The lowest BCUT2D eigenvalue weighted by Crippen LogP contribution is -2.50. The predicted octanol–water partition coefficient (Wildman–Crippen LogP) is 11.3. The molecule has 1 saturated heterocycles. The summed E-state index contributed by atoms with van der Waals surface area (Å²) in [5, 5.41) is 4.05. The lowest BCUT2D eigenvalue weighted by atomic mass is 9.61. The highest BCUT2D eigenvalue weighted by Gasteiger charge is 2.52. The summed E-state index contributed by atoms with van der Waals surface area (Å²) < 4.78 is 0. The highest BCUT2D eigenvalue weighted by atomic mass is 32.2. The van der Waals surface area contributed by atoms with Crippen LogP contribution in [0.2, 0.25) is 0 Å². The van der Waals surface area contributed by atoms with Gasteiger partial charge in [0, 0.05) is 21.0 Å². The van der Waals surface area contributed by atoms with Crippen molar-refractivity contribution in [2.45, 2.75) is 175 Å². The molecule has 7 aliphatic rings. The minimum absolute atomic E-state index is 1.01. The Morgan fingerprint density at radius 2 is 0.605 bits per heavy atom. The Balaban J connectivity index is 1.24. The summed E-state index contributed by atoms with van der Waals surface area (Å²) in [6.07, 6.45) is 37.6. The summed E-state index contributed by atoms with van der Waals surface area (Å²) in [6, 6.07) is 0. The van der Waals surface area contributed by atoms with Crippen LogP contribution in [0.15, 0.2) is 0 Å². The molecule has 0 aromatic carbocycles. The molecule has 1 aliphatic heterocycles. The molecule has 10 unspecified atom stereocenters. The van der Waals surface area contributed by atoms with Gasteiger partial charge in [0.2, 0.25) is 0 Å². The average molecular weight is 557 g/mol. The standard InChI is InChI=1S/C36H60S2/c1-3-13-25(14-4-1)27-19-11-23-33-35(27)29-17-7-9-21-31(29)37-32-22-10-8-18-30(32)36-28(20-12-24-34(36)38-33)26-15-5-2-6-16-26/h25-36H,1-24H2. The summed E-state index contributed by atoms with van der Waals surface area (Å²) in [7, 11) is 0. The smallest absolute Gasteiger partial charge is 0.00840 e. The molecular weight excluding hydrogens is 497 g/mol. The Morgan fingerprint density at radius 3 is 1.08 bits per heavy atom. The van der Waals surface area contributed by atoms with Gasteiger partial charge in [0.25, 0.3) is 0 Å². The van der Waals surface area contributed by atoms with Crippen molar-refractivity contribution >= 4 is 23.5 Å². The molecule has 216 valence electrons. The van der Waals surface area contributed by atoms with E-state index >= 15 is 0 Å². The van der Waals surface area contributed by atoms with Gasteiger partial charge in [-0.1, -0.05) is 103 Å². The molecule has 38 heavy (non-hydrogen) atoms. The molecule has 0 spiro atoms. The van der Waals surface area contributed by atoms with E-state index < -0.39 is 0 Å². The molecule has 0 amide bonds. The molecule has 0 N–H and O–H groups in total. The fourth-order valence-electron chi connectivity index (χ4n) is 12.1. The predicted molar refractivity (Wildman–Crippen MR) is 169 cm³/mol. The Kier molecular flexibility index (Phi) is 9.36. The number of thioether (sulfide) groups is 2. The third-order valence-corrected chi connectivity index (χ3v) is 17.3. The molecular formula is C36H60S2. The first kappa shape index (κ1) is 27.5. The van der Waals surface area contributed by atoms with E-state index in [0.29, 0.717) is 0 Å². The Labute approximate surface area is 245 Å². The SMILES string of the molecule is C1CCC(C2CCCC3SC4CCCC(C5CCCCC5)C4C4CCCCC4SC4CCCCC4C32)CC1. The first-order chi connectivity index (χ1) is 18.9. The maximum absolute atomic E-state index is 2.69. The molecule has 6 aliphatic carbocycles. The van der Waals surface area contributed by atoms with Gasteiger partial charge in [-0.25, -0.2) is 0 Å². The Morgan fingerprint density at radius 1 is 0.263 bits per heavy atom. The first-order valence-corrected chi connectivity index (χ1v) is 20.1. The number of hydrogen-bond donors (Lipinski definition) is 0. The van der Waals surface area contributed by atoms with E-state index in [0.717, 1.165) is 68.3 Å². The maximum atomic E-state index is 2.69. The van der Waals surface area contributed by atoms with Gasteiger partial charge in [-0.15, -0.1) is 0 Å². The number of hydrogen-bond acceptors (Lipinski definition) is 2. The van der Waals surface area contributed by atoms with Crippen molar-refractivity contribution in [1.29, 1.82) is 0 Å². The van der Waals surface area contributed by atoms with Crippen LogP contribution in [0.25, 0.3) is 0 Å². The third-order valence-electron chi connectivity index (χ3n) is 13.6. The van der Waals surface area contributed by atoms with Gasteiger partial charge in [0.05, 0.1) is 0 Å². The zero-order valence-electron chi connectivity index (χ0n) is 24.7. The quantitative estimate of drug-likeness (QED) is 0.332. The number of rotatable bonds is 2. The molecule has 0 radical (unpaired) electrons. The van der Waals surface area contributed by atoms with Crippen LogP contribution in [0.4, 0.5) is 0 Å². The average Bonchev–Trinajstić information content (AvgIpc) is 2.99. The van der Waals surface area contributed by atoms with Gasteiger partial charge >= 0.3 is 0 Å². The second kappa shape index (κ2) is 12.9. The topological polar surface area (TPSA) is 0 Å². The van der Waals surface area contributed by atoms with Crippen LogP contribution in [0.1, 0.15) is 154 Å². The van der Waals surface area contributed by atoms with Crippen molar-refractivity contribution in [3.8, 4) is 0 Å². The fourth-order valence-corrected chi connectivity index (χ4v) is 16.4. The minimum Gasteiger partial charge on any atom is -0.155 e. The van der Waals surface area contributed by atoms with Gasteiger partial charge < -0.3 is 0 Å². The van der Waals surface area contributed by atoms with Crippen LogP contribution in [-0.2, 0) is 0 Å². The van der Waals surface area contributed by atoms with Gasteiger partial charge in [-0.2, -0.15) is 23.5 Å². The van der Waals surface area contributed by atoms with Crippen LogP contribution in [0, 0.1) is 47.3 Å². The minimum atomic E-state index is 1.01. The van der Waals surface area contributed by atoms with Crippen molar-refractivity contribution in [1.82, 2.24) is 0 Å². The van der Waals surface area contributed by atoms with Gasteiger partial charge in [-0.3, -0.25) is 0 Å². The van der Waals surface area contributed by atoms with Crippen molar-refractivity contribution in [3.05, 3.63) is 0 Å². The van der Waals surface area contributed by atoms with Crippen molar-refractivity contribution in [2.24, 2.45) is 47.3 Å². The monoisotopic (exact) mass is 556 g/mol. The summed E-state index contributed by atoms with van der Waals surface area (Å²) in [6.45, 7) is 0. The van der Waals surface area contributed by atoms with E-state index in [4.69, 9.17) is 0 Å². The highest BCUT2D eigenvalue weighted by molar-refractivity contribution is 8.01. The fraction of sp³-hybridized carbons (Fsp3) is 1.00. The normalized spacial score (nSPS) is 47.7. The molecule has 0 bridgehead atoms. The third kappa shape index (κ3) is 5.69. The van der Waals surface area contributed by atoms with Gasteiger partial charge in [0.1, 0.15) is 0 Å². The molecule has 7 fully saturated rings. The van der Waals surface area contributed by atoms with Gasteiger partial charge in [0.15, 0.2) is 0 Å². The maximum Gasteiger partial charge on any atom is 0.00840 e. The summed E-state index contributed by atoms with van der Waals surface area (Å²) >= 11 is 5.35. The van der Waals surface area contributed by atoms with Crippen molar-refractivity contribution in [2.75, 3.05) is 0 Å². The van der Waals surface area contributed by atoms with E-state index in [-0.39, 0.29) is 0 Å². The summed E-state index contributed by atoms with van der Waals surface area (Å²) in [4.78, 5) is 0. The zero-order valence-corrected chi connectivity index (χ0v) is 26.3. The van der Waals surface area contributed by atoms with Crippen LogP contribution < -0.4 is 0 Å². The van der Waals surface area contributed by atoms with Gasteiger partial charge in [-0.05, 0) is 98.7 Å². The number of fused-ring (bicyclic) bond motifs is 6. The van der Waals surface area contributed by atoms with Crippen molar-refractivity contribution in [3.63, 3.8) is 0 Å². The Bertz CT molecular complexity index is 678. The van der Waals surface area contributed by atoms with Crippen LogP contribution in [0.5, 0.6) is 0 Å². The van der Waals surface area contributed by atoms with E-state index in [1.807, 2.05) is 0 Å². The molecule has 2 heteroatoms. The molecule has 0 aromatic heterocycles. The van der Waals surface area contributed by atoms with Crippen LogP contribution >= 0.6 is 23.5 Å². The molecule has 0 aromatic rings. The second-order valence-electron chi connectivity index (χ2n) is 15.5. The molecule has 0 nitrogen and oxygen atoms in total. The lowest BCUT2D eigenvalue weighted by Gasteiger charge is -2.55. The summed E-state index contributed by atoms with van der Waals surface area (Å²) in [5.74, 6) is 8.64. The largest absolute Gasteiger partial charge is 0.155 e. The molecule has 1 heterocycles. The van der Waals surface area contributed by atoms with E-state index in [1.54, 1.807) is 141 Å². The summed E-state index contributed by atoms with van der Waals surface area (Å²) in [5.41, 5.74) is 0. The Hall–Kier alpha value is 0.700. The zero-order chi connectivity index (χ0) is 25.3. The van der Waals surface area contributed by atoms with E-state index in [9.17, 15) is 0 Å². The molecule has 10 atom stereocenters. The second-order valence-corrected chi connectivity index (χ2v) is 18.4. The molecule has 6 saturated carbocycles. The first-order valence-electron chi connectivity index (χ1n) is 18.2. The van der Waals surface area contributed by atoms with Crippen LogP contribution in [0.3, 0.4) is 0 Å².